The number of benzene rings is 2. The molecule has 3 saturated carbocycles. The Hall–Kier alpha value is -5.09. The summed E-state index contributed by atoms with van der Waals surface area (Å²) in [5.74, 6) is -4.02. The van der Waals surface area contributed by atoms with Gasteiger partial charge in [-0.3, -0.25) is 14.2 Å². The molecule has 0 radical (unpaired) electrons. The Morgan fingerprint density at radius 2 is 1.69 bits per heavy atom. The number of nitrogens with zero attached hydrogens (tertiary/aromatic N) is 2. The predicted molar refractivity (Wildman–Crippen MR) is 186 cm³/mol. The van der Waals surface area contributed by atoms with Crippen LogP contribution in [0.25, 0.3) is 0 Å². The zero-order chi connectivity index (χ0) is 38.9. The van der Waals surface area contributed by atoms with E-state index in [9.17, 15) is 32.8 Å². The van der Waals surface area contributed by atoms with Crippen molar-refractivity contribution in [2.24, 2.45) is 34.0 Å². The molecule has 3 aromatic rings. The standard InChI is InChI=1S/C39H40N2O13S/c1-22-24-14-15-27-38-20-52-36(45)29(38)37(2,3)17-16-28(38)51-21-39(27,30(22)42)31(24)53-35(44)26-13-8-7-12-25(26)34(43)50-19-9-18-49-32-33(41(46)54-40-32)55(47,48)23-10-5-4-6-11-23/h4-8,10-13,24,27-29,31H,1,9,14-21H2,2-3H3/t24-,27-,28-,29+,31+,38+,39+/m0/s1. The monoisotopic (exact) mass is 776 g/mol. The summed E-state index contributed by atoms with van der Waals surface area (Å²) in [6, 6.07) is 13.2. The van der Waals surface area contributed by atoms with Crippen LogP contribution in [0.4, 0.5) is 0 Å². The summed E-state index contributed by atoms with van der Waals surface area (Å²) in [6.07, 6.45) is 1.47. The molecule has 3 aliphatic carbocycles. The molecule has 3 heterocycles. The average molecular weight is 777 g/mol. The molecule has 2 bridgehead atoms. The molecule has 290 valence electrons. The first-order valence-corrected chi connectivity index (χ1v) is 19.7. The van der Waals surface area contributed by atoms with Gasteiger partial charge in [-0.2, -0.15) is 0 Å². The first-order valence-electron chi connectivity index (χ1n) is 18.3. The van der Waals surface area contributed by atoms with Crippen LogP contribution < -0.4 is 9.64 Å². The minimum atomic E-state index is -4.32. The van der Waals surface area contributed by atoms with Crippen molar-refractivity contribution in [3.63, 3.8) is 0 Å². The van der Waals surface area contributed by atoms with Crippen molar-refractivity contribution in [2.45, 2.75) is 68.1 Å². The van der Waals surface area contributed by atoms with Gasteiger partial charge in [0, 0.05) is 17.8 Å². The summed E-state index contributed by atoms with van der Waals surface area (Å²) in [6.45, 7) is 7.99. The third-order valence-corrected chi connectivity index (χ3v) is 14.2. The molecule has 55 heavy (non-hydrogen) atoms. The summed E-state index contributed by atoms with van der Waals surface area (Å²) in [5.41, 5.74) is -2.19. The lowest BCUT2D eigenvalue weighted by atomic mass is 9.44. The van der Waals surface area contributed by atoms with Gasteiger partial charge < -0.3 is 28.9 Å². The minimum Gasteiger partial charge on any atom is -0.465 e. The maximum Gasteiger partial charge on any atom is 0.414 e. The second kappa shape index (κ2) is 13.3. The molecule has 15 nitrogen and oxygen atoms in total. The molecule has 5 fully saturated rings. The molecule has 0 N–H and O–H groups in total. The number of esters is 3. The van der Waals surface area contributed by atoms with Gasteiger partial charge in [0.15, 0.2) is 5.78 Å². The van der Waals surface area contributed by atoms with Gasteiger partial charge in [-0.25, -0.2) is 18.0 Å². The fourth-order valence-electron chi connectivity index (χ4n) is 10.2. The van der Waals surface area contributed by atoms with E-state index in [0.717, 1.165) is 12.8 Å². The van der Waals surface area contributed by atoms with Crippen molar-refractivity contribution in [2.75, 3.05) is 26.4 Å². The maximum absolute atomic E-state index is 14.3. The van der Waals surface area contributed by atoms with Crippen LogP contribution in [0.2, 0.25) is 0 Å². The fraction of sp³-hybridized carbons (Fsp3) is 0.487. The molecule has 1 aromatic heterocycles. The van der Waals surface area contributed by atoms with Gasteiger partial charge in [0.2, 0.25) is 0 Å². The summed E-state index contributed by atoms with van der Waals surface area (Å²) in [5, 5.41) is 14.8. The number of rotatable bonds is 10. The average Bonchev–Trinajstić information content (AvgIpc) is 3.76. The number of carbonyl (C=O) groups is 4. The van der Waals surface area contributed by atoms with Crippen molar-refractivity contribution in [3.8, 4) is 5.88 Å². The van der Waals surface area contributed by atoms with Gasteiger partial charge in [0.05, 0.1) is 58.4 Å². The minimum absolute atomic E-state index is 0.0202. The highest BCUT2D eigenvalue weighted by atomic mass is 32.2. The Kier molecular flexibility index (Phi) is 8.91. The van der Waals surface area contributed by atoms with Gasteiger partial charge >= 0.3 is 28.8 Å². The molecular formula is C39H40N2O13S. The summed E-state index contributed by atoms with van der Waals surface area (Å²) >= 11 is 0. The van der Waals surface area contributed by atoms with Gasteiger partial charge in [-0.15, -0.1) is 0 Å². The van der Waals surface area contributed by atoms with Crippen LogP contribution >= 0.6 is 0 Å². The fourth-order valence-corrected chi connectivity index (χ4v) is 11.5. The zero-order valence-corrected chi connectivity index (χ0v) is 31.1. The van der Waals surface area contributed by atoms with Crippen LogP contribution in [0.3, 0.4) is 0 Å². The van der Waals surface area contributed by atoms with Crippen molar-refractivity contribution >= 4 is 33.5 Å². The number of ether oxygens (including phenoxy) is 5. The Balaban J connectivity index is 0.963. The van der Waals surface area contributed by atoms with E-state index in [1.807, 2.05) is 0 Å². The lowest BCUT2D eigenvalue weighted by molar-refractivity contribution is -0.832. The lowest BCUT2D eigenvalue weighted by Crippen LogP contribution is -2.69. The Bertz CT molecular complexity index is 2200. The number of Topliss-reactive ketones (excluding diaryl/α,β-unsaturated/α-hetero) is 1. The molecule has 2 saturated heterocycles. The molecule has 7 atom stereocenters. The Morgan fingerprint density at radius 1 is 0.982 bits per heavy atom. The molecular weight excluding hydrogens is 736 g/mol. The van der Waals surface area contributed by atoms with E-state index < -0.39 is 61.5 Å². The number of hydrogen-bond acceptors (Lipinski definition) is 14. The van der Waals surface area contributed by atoms with E-state index >= 15 is 0 Å². The molecule has 8 rings (SSSR count). The molecule has 16 heteroatoms. The molecule has 2 spiro atoms. The lowest BCUT2D eigenvalue weighted by Gasteiger charge is -2.62. The largest absolute Gasteiger partial charge is 0.465 e. The zero-order valence-electron chi connectivity index (χ0n) is 30.3. The molecule has 0 amide bonds. The van der Waals surface area contributed by atoms with E-state index in [2.05, 4.69) is 30.2 Å². The molecule has 2 aliphatic heterocycles. The van der Waals surface area contributed by atoms with Gasteiger partial charge in [-0.05, 0) is 71.8 Å². The van der Waals surface area contributed by atoms with Crippen molar-refractivity contribution in [1.29, 1.82) is 0 Å². The number of ketones is 1. The quantitative estimate of drug-likeness (QED) is 0.0946. The normalized spacial score (nSPS) is 30.4. The van der Waals surface area contributed by atoms with Gasteiger partial charge in [0.25, 0.3) is 9.84 Å². The van der Waals surface area contributed by atoms with E-state index in [1.165, 1.54) is 36.4 Å². The molecule has 5 aliphatic rings. The molecule has 0 unspecified atom stereocenters. The van der Waals surface area contributed by atoms with Crippen LogP contribution in [-0.4, -0.2) is 75.9 Å². The van der Waals surface area contributed by atoms with E-state index in [0.29, 0.717) is 18.4 Å². The smallest absolute Gasteiger partial charge is 0.414 e. The van der Waals surface area contributed by atoms with Crippen LogP contribution in [-0.2, 0) is 38.4 Å². The Labute approximate surface area is 316 Å². The first-order chi connectivity index (χ1) is 26.2. The van der Waals surface area contributed by atoms with Crippen LogP contribution in [0, 0.1) is 39.2 Å². The summed E-state index contributed by atoms with van der Waals surface area (Å²) in [7, 11) is -4.32. The van der Waals surface area contributed by atoms with E-state index in [4.69, 9.17) is 23.7 Å². The maximum atomic E-state index is 14.3. The van der Waals surface area contributed by atoms with Crippen molar-refractivity contribution in [3.05, 3.63) is 83.1 Å². The summed E-state index contributed by atoms with van der Waals surface area (Å²) < 4.78 is 59.9. The number of sulfone groups is 1. The van der Waals surface area contributed by atoms with Gasteiger partial charge in [-0.1, -0.05) is 50.8 Å². The highest BCUT2D eigenvalue weighted by Crippen LogP contribution is 2.70. The number of cyclic esters (lactones) is 1. The number of hydrogen-bond donors (Lipinski definition) is 0. The Morgan fingerprint density at radius 3 is 2.44 bits per heavy atom. The van der Waals surface area contributed by atoms with E-state index in [1.54, 1.807) is 18.2 Å². The third kappa shape index (κ3) is 5.50. The SMILES string of the molecule is C=C1C(=O)[C@@]23CO[C@H]4CCC(C)(C)[C@H]5C(=O)OC[C@@]45[C@@H]2CC[C@@H]1[C@H]3OC(=O)c1ccccc1C(=O)OCCCOc1no[n+]([O-])c1S(=O)(=O)c1ccccc1. The number of carbonyl (C=O) groups excluding carboxylic acids is 4. The number of fused-ring (bicyclic) bond motifs is 1. The summed E-state index contributed by atoms with van der Waals surface area (Å²) in [4.78, 5) is 54.6. The topological polar surface area (TPSA) is 202 Å². The van der Waals surface area contributed by atoms with Crippen LogP contribution in [0.15, 0.2) is 81.3 Å². The second-order valence-corrected chi connectivity index (χ2v) is 17.5. The first kappa shape index (κ1) is 36.9. The molecule has 2 aromatic carbocycles. The van der Waals surface area contributed by atoms with Crippen molar-refractivity contribution in [1.82, 2.24) is 5.16 Å². The van der Waals surface area contributed by atoms with Crippen LogP contribution in [0.1, 0.15) is 66.7 Å². The highest BCUT2D eigenvalue weighted by Gasteiger charge is 2.78. The number of aromatic nitrogens is 2. The van der Waals surface area contributed by atoms with Crippen molar-refractivity contribution < 1.29 is 60.8 Å². The van der Waals surface area contributed by atoms with E-state index in [-0.39, 0.29) is 83.0 Å². The second-order valence-electron chi connectivity index (χ2n) is 15.7. The predicted octanol–water partition coefficient (Wildman–Crippen LogP) is 3.82. The van der Waals surface area contributed by atoms with Crippen LogP contribution in [0.5, 0.6) is 5.88 Å². The third-order valence-electron chi connectivity index (χ3n) is 12.5. The highest BCUT2D eigenvalue weighted by molar-refractivity contribution is 7.91. The van der Waals surface area contributed by atoms with Gasteiger partial charge in [0.1, 0.15) is 12.7 Å².